The second kappa shape index (κ2) is 3.15. The number of aromatic hydroxyl groups is 1. The topological polar surface area (TPSA) is 46.2 Å². The number of benzene rings is 1. The number of hydrogen-bond acceptors (Lipinski definition) is 2. The fraction of sp³-hybridized carbons (Fsp3) is 0.400. The van der Waals surface area contributed by atoms with Gasteiger partial charge in [-0.05, 0) is 49.6 Å². The van der Waals surface area contributed by atoms with Crippen LogP contribution in [0.1, 0.15) is 29.7 Å². The van der Waals surface area contributed by atoms with Gasteiger partial charge in [0.15, 0.2) is 0 Å². The summed E-state index contributed by atoms with van der Waals surface area (Å²) in [5.74, 6) is 0.314. The molecule has 0 heterocycles. The molecule has 12 heavy (non-hydrogen) atoms. The molecule has 1 aromatic carbocycles. The third kappa shape index (κ3) is 1.59. The average molecular weight is 165 g/mol. The first-order valence-electron chi connectivity index (χ1n) is 4.08. The average Bonchev–Trinajstić information content (AvgIpc) is 1.82. The van der Waals surface area contributed by atoms with Gasteiger partial charge in [-0.25, -0.2) is 0 Å². The molecule has 0 bridgehead atoms. The standard InChI is InChI=1S/C10H15NO/c1-6-4-9(12)5-7(2)10(6)8(3)11/h4-5,8,12H,11H2,1-3H3. The van der Waals surface area contributed by atoms with Crippen molar-refractivity contribution in [2.24, 2.45) is 5.73 Å². The van der Waals surface area contributed by atoms with E-state index in [0.29, 0.717) is 5.75 Å². The Labute approximate surface area is 73.0 Å². The Morgan fingerprint density at radius 3 is 2.00 bits per heavy atom. The molecule has 0 radical (unpaired) electrons. The van der Waals surface area contributed by atoms with Crippen molar-refractivity contribution in [1.82, 2.24) is 0 Å². The number of aryl methyl sites for hydroxylation is 2. The highest BCUT2D eigenvalue weighted by Crippen LogP contribution is 2.24. The van der Waals surface area contributed by atoms with Gasteiger partial charge in [0, 0.05) is 6.04 Å². The lowest BCUT2D eigenvalue weighted by atomic mass is 9.97. The maximum atomic E-state index is 9.26. The van der Waals surface area contributed by atoms with Crippen molar-refractivity contribution in [3.8, 4) is 5.75 Å². The van der Waals surface area contributed by atoms with Crippen LogP contribution in [0.5, 0.6) is 5.75 Å². The van der Waals surface area contributed by atoms with Crippen molar-refractivity contribution in [2.75, 3.05) is 0 Å². The van der Waals surface area contributed by atoms with Crippen LogP contribution in [0.3, 0.4) is 0 Å². The quantitative estimate of drug-likeness (QED) is 0.668. The zero-order chi connectivity index (χ0) is 9.30. The third-order valence-corrected chi connectivity index (χ3v) is 2.03. The summed E-state index contributed by atoms with van der Waals surface area (Å²) in [7, 11) is 0. The highest BCUT2D eigenvalue weighted by molar-refractivity contribution is 5.41. The van der Waals surface area contributed by atoms with Gasteiger partial charge < -0.3 is 10.8 Å². The zero-order valence-corrected chi connectivity index (χ0v) is 7.76. The van der Waals surface area contributed by atoms with E-state index in [1.807, 2.05) is 20.8 Å². The molecule has 1 aromatic rings. The Bertz CT molecular complexity index is 269. The monoisotopic (exact) mass is 165 g/mol. The second-order valence-corrected chi connectivity index (χ2v) is 3.28. The zero-order valence-electron chi connectivity index (χ0n) is 7.76. The van der Waals surface area contributed by atoms with Crippen molar-refractivity contribution < 1.29 is 5.11 Å². The normalized spacial score (nSPS) is 13.0. The molecule has 3 N–H and O–H groups in total. The van der Waals surface area contributed by atoms with Gasteiger partial charge in [-0.2, -0.15) is 0 Å². The largest absolute Gasteiger partial charge is 0.508 e. The predicted octanol–water partition coefficient (Wildman–Crippen LogP) is 2.03. The molecule has 0 saturated carbocycles. The Kier molecular flexibility index (Phi) is 2.38. The van der Waals surface area contributed by atoms with Gasteiger partial charge in [0.2, 0.25) is 0 Å². The lowest BCUT2D eigenvalue weighted by Gasteiger charge is -2.13. The first-order chi connectivity index (χ1) is 5.52. The van der Waals surface area contributed by atoms with E-state index in [9.17, 15) is 5.11 Å². The summed E-state index contributed by atoms with van der Waals surface area (Å²) in [6.07, 6.45) is 0. The summed E-state index contributed by atoms with van der Waals surface area (Å²) >= 11 is 0. The molecule has 0 spiro atoms. The first-order valence-corrected chi connectivity index (χ1v) is 4.08. The summed E-state index contributed by atoms with van der Waals surface area (Å²) in [5.41, 5.74) is 9.03. The highest BCUT2D eigenvalue weighted by atomic mass is 16.3. The number of phenols is 1. The maximum absolute atomic E-state index is 9.26. The number of phenolic OH excluding ortho intramolecular Hbond substituents is 1. The third-order valence-electron chi connectivity index (χ3n) is 2.03. The van der Waals surface area contributed by atoms with E-state index in [1.165, 1.54) is 0 Å². The summed E-state index contributed by atoms with van der Waals surface area (Å²) in [6, 6.07) is 3.52. The van der Waals surface area contributed by atoms with Crippen LogP contribution in [0, 0.1) is 13.8 Å². The van der Waals surface area contributed by atoms with Gasteiger partial charge in [0.25, 0.3) is 0 Å². The van der Waals surface area contributed by atoms with Gasteiger partial charge in [-0.1, -0.05) is 0 Å². The van der Waals surface area contributed by atoms with Crippen LogP contribution in [0.4, 0.5) is 0 Å². The van der Waals surface area contributed by atoms with Gasteiger partial charge >= 0.3 is 0 Å². The van der Waals surface area contributed by atoms with E-state index < -0.39 is 0 Å². The molecular weight excluding hydrogens is 150 g/mol. The van der Waals surface area contributed by atoms with E-state index in [1.54, 1.807) is 12.1 Å². The number of rotatable bonds is 1. The van der Waals surface area contributed by atoms with Crippen molar-refractivity contribution >= 4 is 0 Å². The predicted molar refractivity (Wildman–Crippen MR) is 50.2 cm³/mol. The van der Waals surface area contributed by atoms with E-state index in [-0.39, 0.29) is 6.04 Å². The number of hydrogen-bond donors (Lipinski definition) is 2. The minimum atomic E-state index is 0.0330. The molecule has 0 saturated heterocycles. The molecule has 2 nitrogen and oxygen atoms in total. The molecule has 1 atom stereocenters. The second-order valence-electron chi connectivity index (χ2n) is 3.28. The molecular formula is C10H15NO. The smallest absolute Gasteiger partial charge is 0.116 e. The van der Waals surface area contributed by atoms with Gasteiger partial charge in [0.05, 0.1) is 0 Å². The van der Waals surface area contributed by atoms with Crippen LogP contribution >= 0.6 is 0 Å². The molecule has 0 fully saturated rings. The molecule has 0 aliphatic carbocycles. The van der Waals surface area contributed by atoms with E-state index in [4.69, 9.17) is 5.73 Å². The molecule has 0 aliphatic rings. The van der Waals surface area contributed by atoms with Crippen molar-refractivity contribution in [3.63, 3.8) is 0 Å². The van der Waals surface area contributed by atoms with Gasteiger partial charge in [0.1, 0.15) is 5.75 Å². The SMILES string of the molecule is Cc1cc(O)cc(C)c1C(C)N. The van der Waals surface area contributed by atoms with Crippen LogP contribution in [-0.2, 0) is 0 Å². The number of nitrogens with two attached hydrogens (primary N) is 1. The van der Waals surface area contributed by atoms with Crippen LogP contribution in [0.25, 0.3) is 0 Å². The van der Waals surface area contributed by atoms with Crippen molar-refractivity contribution in [3.05, 3.63) is 28.8 Å². The minimum Gasteiger partial charge on any atom is -0.508 e. The lowest BCUT2D eigenvalue weighted by molar-refractivity contribution is 0.474. The molecule has 0 amide bonds. The van der Waals surface area contributed by atoms with Crippen molar-refractivity contribution in [1.29, 1.82) is 0 Å². The maximum Gasteiger partial charge on any atom is 0.116 e. The molecule has 0 aliphatic heterocycles. The summed E-state index contributed by atoms with van der Waals surface area (Å²) in [5, 5.41) is 9.26. The molecule has 0 aromatic heterocycles. The summed E-state index contributed by atoms with van der Waals surface area (Å²) in [6.45, 7) is 5.88. The summed E-state index contributed by atoms with van der Waals surface area (Å²) in [4.78, 5) is 0. The lowest BCUT2D eigenvalue weighted by Crippen LogP contribution is -2.08. The van der Waals surface area contributed by atoms with E-state index in [0.717, 1.165) is 16.7 Å². The molecule has 1 rings (SSSR count). The fourth-order valence-electron chi connectivity index (χ4n) is 1.67. The van der Waals surface area contributed by atoms with E-state index in [2.05, 4.69) is 0 Å². The molecule has 66 valence electrons. The fourth-order valence-corrected chi connectivity index (χ4v) is 1.67. The summed E-state index contributed by atoms with van der Waals surface area (Å²) < 4.78 is 0. The Morgan fingerprint density at radius 1 is 1.25 bits per heavy atom. The Morgan fingerprint density at radius 2 is 1.67 bits per heavy atom. The van der Waals surface area contributed by atoms with Gasteiger partial charge in [-0.15, -0.1) is 0 Å². The molecule has 1 unspecified atom stereocenters. The van der Waals surface area contributed by atoms with Crippen LogP contribution < -0.4 is 5.73 Å². The van der Waals surface area contributed by atoms with Crippen LogP contribution in [-0.4, -0.2) is 5.11 Å². The van der Waals surface area contributed by atoms with Crippen molar-refractivity contribution in [2.45, 2.75) is 26.8 Å². The Balaban J connectivity index is 3.28. The van der Waals surface area contributed by atoms with E-state index >= 15 is 0 Å². The van der Waals surface area contributed by atoms with Crippen LogP contribution in [0.15, 0.2) is 12.1 Å². The van der Waals surface area contributed by atoms with Crippen LogP contribution in [0.2, 0.25) is 0 Å². The first kappa shape index (κ1) is 9.07. The minimum absolute atomic E-state index is 0.0330. The Hall–Kier alpha value is -1.02. The van der Waals surface area contributed by atoms with Gasteiger partial charge in [-0.3, -0.25) is 0 Å². The highest BCUT2D eigenvalue weighted by Gasteiger charge is 2.07. The molecule has 2 heteroatoms.